The highest BCUT2D eigenvalue weighted by Gasteiger charge is 2.23. The van der Waals surface area contributed by atoms with Crippen LogP contribution in [0.15, 0.2) is 40.9 Å². The number of methoxy groups -OCH3 is 2. The largest absolute Gasteiger partial charge is 0.493 e. The van der Waals surface area contributed by atoms with Gasteiger partial charge >= 0.3 is 6.03 Å². The molecular formula is C18H20BrFN2O3. The molecule has 25 heavy (non-hydrogen) atoms. The molecule has 0 saturated heterocycles. The van der Waals surface area contributed by atoms with Gasteiger partial charge in [0.15, 0.2) is 11.5 Å². The molecule has 2 rings (SSSR count). The van der Waals surface area contributed by atoms with Gasteiger partial charge < -0.3 is 20.1 Å². The van der Waals surface area contributed by atoms with Crippen molar-refractivity contribution < 1.29 is 18.7 Å². The third kappa shape index (κ3) is 4.63. The molecule has 0 aromatic heterocycles. The molecule has 0 aliphatic carbocycles. The highest BCUT2D eigenvalue weighted by atomic mass is 79.9. The molecule has 7 heteroatoms. The summed E-state index contributed by atoms with van der Waals surface area (Å²) >= 11 is 3.39. The molecule has 134 valence electrons. The molecule has 5 nitrogen and oxygen atoms in total. The number of hydrogen-bond acceptors (Lipinski definition) is 3. The van der Waals surface area contributed by atoms with Crippen LogP contribution in [0.25, 0.3) is 0 Å². The first-order valence-electron chi connectivity index (χ1n) is 7.53. The summed E-state index contributed by atoms with van der Waals surface area (Å²) in [6, 6.07) is 8.97. The van der Waals surface area contributed by atoms with Gasteiger partial charge in [0.25, 0.3) is 0 Å². The van der Waals surface area contributed by atoms with Gasteiger partial charge in [0.1, 0.15) is 5.82 Å². The molecule has 0 saturated carbocycles. The van der Waals surface area contributed by atoms with Gasteiger partial charge in [-0.15, -0.1) is 0 Å². The van der Waals surface area contributed by atoms with Gasteiger partial charge in [0, 0.05) is 16.6 Å². The molecule has 0 bridgehead atoms. The predicted octanol–water partition coefficient (Wildman–Crippen LogP) is 4.66. The van der Waals surface area contributed by atoms with E-state index in [2.05, 4.69) is 26.6 Å². The molecule has 2 aromatic rings. The molecule has 0 aliphatic rings. The van der Waals surface area contributed by atoms with E-state index in [1.165, 1.54) is 26.4 Å². The maximum atomic E-state index is 13.1. The molecule has 2 N–H and O–H groups in total. The number of amides is 2. The third-order valence-electron chi connectivity index (χ3n) is 3.71. The zero-order chi connectivity index (χ0) is 18.6. The van der Waals surface area contributed by atoms with Crippen LogP contribution in [0.4, 0.5) is 14.9 Å². The summed E-state index contributed by atoms with van der Waals surface area (Å²) in [5, 5.41) is 5.64. The minimum Gasteiger partial charge on any atom is -0.493 e. The topological polar surface area (TPSA) is 59.6 Å². The Bertz CT molecular complexity index is 764. The smallest absolute Gasteiger partial charge is 0.319 e. The lowest BCUT2D eigenvalue weighted by atomic mass is 9.94. The molecule has 0 radical (unpaired) electrons. The number of hydrogen-bond donors (Lipinski definition) is 2. The second-order valence-corrected chi connectivity index (χ2v) is 6.75. The van der Waals surface area contributed by atoms with Gasteiger partial charge in [-0.25, -0.2) is 9.18 Å². The van der Waals surface area contributed by atoms with Crippen molar-refractivity contribution in [2.75, 3.05) is 19.5 Å². The van der Waals surface area contributed by atoms with Crippen molar-refractivity contribution >= 4 is 27.6 Å². The number of carbonyl (C=O) groups excluding carboxylic acids is 1. The number of ether oxygens (including phenoxy) is 2. The zero-order valence-electron chi connectivity index (χ0n) is 14.4. The first kappa shape index (κ1) is 19.1. The lowest BCUT2D eigenvalue weighted by molar-refractivity contribution is 0.242. The minimum absolute atomic E-state index is 0.321. The van der Waals surface area contributed by atoms with Crippen LogP contribution in [-0.4, -0.2) is 20.3 Å². The van der Waals surface area contributed by atoms with Crippen LogP contribution in [0.3, 0.4) is 0 Å². The summed E-state index contributed by atoms with van der Waals surface area (Å²) in [4.78, 5) is 12.4. The van der Waals surface area contributed by atoms with E-state index in [9.17, 15) is 9.18 Å². The van der Waals surface area contributed by atoms with Crippen LogP contribution in [0.5, 0.6) is 11.5 Å². The molecular weight excluding hydrogens is 391 g/mol. The number of nitrogens with one attached hydrogen (secondary N) is 2. The fourth-order valence-corrected chi connectivity index (χ4v) is 2.75. The average molecular weight is 411 g/mol. The van der Waals surface area contributed by atoms with E-state index in [0.29, 0.717) is 21.7 Å². The average Bonchev–Trinajstić information content (AvgIpc) is 2.56. The molecule has 0 atom stereocenters. The van der Waals surface area contributed by atoms with E-state index in [0.717, 1.165) is 5.56 Å². The summed E-state index contributed by atoms with van der Waals surface area (Å²) in [5.41, 5.74) is 0.640. The van der Waals surface area contributed by atoms with Crippen LogP contribution >= 0.6 is 15.9 Å². The Morgan fingerprint density at radius 2 is 1.64 bits per heavy atom. The van der Waals surface area contributed by atoms with E-state index in [4.69, 9.17) is 9.47 Å². The molecule has 2 amide bonds. The van der Waals surface area contributed by atoms with Gasteiger partial charge in [0.05, 0.1) is 25.4 Å². The first-order valence-corrected chi connectivity index (χ1v) is 8.33. The summed E-state index contributed by atoms with van der Waals surface area (Å²) in [7, 11) is 3.06. The molecule has 0 heterocycles. The Balaban J connectivity index is 2.15. The van der Waals surface area contributed by atoms with Gasteiger partial charge in [0.2, 0.25) is 0 Å². The van der Waals surface area contributed by atoms with Gasteiger partial charge in [-0.2, -0.15) is 0 Å². The SMILES string of the molecule is COc1cc(Br)c(NC(=O)NC(C)(C)c2ccc(F)cc2)cc1OC. The van der Waals surface area contributed by atoms with Crippen LogP contribution in [-0.2, 0) is 5.54 Å². The number of benzene rings is 2. The highest BCUT2D eigenvalue weighted by molar-refractivity contribution is 9.10. The number of halogens is 2. The summed E-state index contributed by atoms with van der Waals surface area (Å²) in [5.74, 6) is 0.726. The Morgan fingerprint density at radius 1 is 1.08 bits per heavy atom. The maximum Gasteiger partial charge on any atom is 0.319 e. The van der Waals surface area contributed by atoms with Crippen molar-refractivity contribution in [2.45, 2.75) is 19.4 Å². The van der Waals surface area contributed by atoms with E-state index in [-0.39, 0.29) is 5.82 Å². The van der Waals surface area contributed by atoms with E-state index in [1.54, 1.807) is 24.3 Å². The first-order chi connectivity index (χ1) is 11.8. The lowest BCUT2D eigenvalue weighted by Crippen LogP contribution is -2.43. The van der Waals surface area contributed by atoms with Gasteiger partial charge in [-0.05, 0) is 47.5 Å². The van der Waals surface area contributed by atoms with Crippen LogP contribution in [0.2, 0.25) is 0 Å². The molecule has 0 spiro atoms. The van der Waals surface area contributed by atoms with Crippen molar-refractivity contribution in [2.24, 2.45) is 0 Å². The molecule has 0 aliphatic heterocycles. The fraction of sp³-hybridized carbons (Fsp3) is 0.278. The van der Waals surface area contributed by atoms with Crippen molar-refractivity contribution in [3.8, 4) is 11.5 Å². The Labute approximate surface area is 154 Å². The van der Waals surface area contributed by atoms with E-state index in [1.807, 2.05) is 13.8 Å². The summed E-state index contributed by atoms with van der Waals surface area (Å²) in [6.07, 6.45) is 0. The minimum atomic E-state index is -0.680. The summed E-state index contributed by atoms with van der Waals surface area (Å²) < 4.78 is 24.2. The van der Waals surface area contributed by atoms with Crippen LogP contribution < -0.4 is 20.1 Å². The number of rotatable bonds is 5. The zero-order valence-corrected chi connectivity index (χ0v) is 16.0. The van der Waals surface area contributed by atoms with Crippen molar-refractivity contribution in [1.82, 2.24) is 5.32 Å². The second-order valence-electron chi connectivity index (χ2n) is 5.90. The second kappa shape index (κ2) is 7.74. The number of anilines is 1. The maximum absolute atomic E-state index is 13.1. The van der Waals surface area contributed by atoms with Gasteiger partial charge in [-0.1, -0.05) is 12.1 Å². The Kier molecular flexibility index (Phi) is 5.89. The van der Waals surface area contributed by atoms with Crippen LogP contribution in [0.1, 0.15) is 19.4 Å². The van der Waals surface area contributed by atoms with Crippen molar-refractivity contribution in [3.63, 3.8) is 0 Å². The highest BCUT2D eigenvalue weighted by Crippen LogP contribution is 2.36. The Morgan fingerprint density at radius 3 is 2.20 bits per heavy atom. The quantitative estimate of drug-likeness (QED) is 0.753. The molecule has 0 fully saturated rings. The van der Waals surface area contributed by atoms with E-state index >= 15 is 0 Å². The standard InChI is InChI=1S/C18H20BrFN2O3/c1-18(2,11-5-7-12(20)8-6-11)22-17(23)21-14-10-16(25-4)15(24-3)9-13(14)19/h5-10H,1-4H3,(H2,21,22,23). The molecule has 0 unspecified atom stereocenters. The normalized spacial score (nSPS) is 11.0. The molecule has 2 aromatic carbocycles. The van der Waals surface area contributed by atoms with Crippen molar-refractivity contribution in [1.29, 1.82) is 0 Å². The number of urea groups is 1. The predicted molar refractivity (Wildman–Crippen MR) is 98.8 cm³/mol. The van der Waals surface area contributed by atoms with Crippen molar-refractivity contribution in [3.05, 3.63) is 52.3 Å². The Hall–Kier alpha value is -2.28. The lowest BCUT2D eigenvalue weighted by Gasteiger charge is -2.27. The number of carbonyl (C=O) groups is 1. The van der Waals surface area contributed by atoms with E-state index < -0.39 is 11.6 Å². The fourth-order valence-electron chi connectivity index (χ4n) is 2.33. The summed E-state index contributed by atoms with van der Waals surface area (Å²) in [6.45, 7) is 3.67. The monoisotopic (exact) mass is 410 g/mol. The van der Waals surface area contributed by atoms with Crippen LogP contribution in [0, 0.1) is 5.82 Å². The third-order valence-corrected chi connectivity index (χ3v) is 4.37. The van der Waals surface area contributed by atoms with Gasteiger partial charge in [-0.3, -0.25) is 0 Å².